The number of aliphatic hydroxyl groups excluding tert-OH is 1. The Kier molecular flexibility index (Phi) is 37.9. The molecular weight excluding hydrogens is 1700 g/mol. The zero-order valence-corrected chi connectivity index (χ0v) is 73.0. The number of aromatic amines is 1. The molecule has 0 spiro atoms. The van der Waals surface area contributed by atoms with Crippen LogP contribution in [0.5, 0.6) is 23.5 Å². The lowest BCUT2D eigenvalue weighted by Crippen LogP contribution is -2.33. The average molecular weight is 1790 g/mol. The maximum absolute atomic E-state index is 11.4. The standard InChI is InChI=1S/C10H8N2OS.C10H11NO2S.C9H8BrNOS.C9H13NO3S.C9H9NOS.C8H7NOS.C7H4ClNS.C7H5NOS.C5H4O2S.C4H11NO2/c1-6-7-3-4-14-9(7)8(5-11)10(12-6)13-2;1-6-7-3-4-14-9(7)8(5-12)10(11-6)13-2;1-5-6-3-4-13-8(6)7(10)9(11-5)12-2;1-12-8(13-2)5-10-9(11)7-3-4-14-6-7;1-6-7-3-4-12-8(7)5-9(10-6)11-2;1-6-7-3-5-11-8(7)2-4-9(6)10;8-7-5-2-4-10-6(5)1-3-9-7;9-7-5-2-4-10-6(5)1-3-8-7;6-5(7)4-1-2-8-3-4;1-6-4(3-5)7-2/h3-4H,1-2H3;3-4,12H,5H2,1-2H3;3-4H,1-2H3;3-4,6,8H,5H2,1-2H3,(H,10,11);3-5H,1-2H3;2-5H,1H3;1-4H;1-4H,(H,8,9);1-3H,(H,6,7);4H,3,5H2,1-2H3. The van der Waals surface area contributed by atoms with E-state index < -0.39 is 12.3 Å². The maximum atomic E-state index is 11.4. The second-order valence-electron chi connectivity index (χ2n) is 22.6. The van der Waals surface area contributed by atoms with E-state index in [0.717, 1.165) is 84.3 Å². The van der Waals surface area contributed by atoms with Crippen molar-refractivity contribution in [2.75, 3.05) is 70.0 Å². The predicted molar refractivity (Wildman–Crippen MR) is 467 cm³/mol. The highest BCUT2D eigenvalue weighted by Crippen LogP contribution is 2.37. The number of aromatic nitrogens is 7. The van der Waals surface area contributed by atoms with Gasteiger partial charge in [0.05, 0.1) is 94.4 Å². The number of hydrogen-bond donors (Lipinski definition) is 5. The largest absolute Gasteiger partial charge is 0.618 e. The fourth-order valence-electron chi connectivity index (χ4n) is 9.87. The molecule has 16 rings (SSSR count). The van der Waals surface area contributed by atoms with Crippen LogP contribution in [0, 0.1) is 51.2 Å². The van der Waals surface area contributed by atoms with Gasteiger partial charge in [-0.25, -0.2) is 29.7 Å². The number of nitriles is 1. The van der Waals surface area contributed by atoms with Gasteiger partial charge in [-0.3, -0.25) is 9.59 Å². The number of thiophene rings is 9. The summed E-state index contributed by atoms with van der Waals surface area (Å²) in [7, 11) is 12.5. The van der Waals surface area contributed by atoms with E-state index in [9.17, 15) is 24.7 Å². The van der Waals surface area contributed by atoms with Crippen LogP contribution in [0.1, 0.15) is 60.3 Å². The minimum absolute atomic E-state index is 0.00116. The molecule has 0 atom stereocenters. The van der Waals surface area contributed by atoms with Crippen molar-refractivity contribution in [3.63, 3.8) is 0 Å². The summed E-state index contributed by atoms with van der Waals surface area (Å²) in [5.74, 6) is 1.34. The van der Waals surface area contributed by atoms with Gasteiger partial charge in [-0.05, 0) is 159 Å². The van der Waals surface area contributed by atoms with Crippen LogP contribution >= 0.6 is 130 Å². The Morgan fingerprint density at radius 2 is 1.08 bits per heavy atom. The molecule has 0 saturated carbocycles. The number of amides is 1. The van der Waals surface area contributed by atoms with Crippen LogP contribution in [0.15, 0.2) is 166 Å². The van der Waals surface area contributed by atoms with E-state index in [1.54, 1.807) is 150 Å². The maximum Gasteiger partial charge on any atom is 0.336 e. The number of nitrogens with two attached hydrogens (primary N) is 1. The number of methoxy groups -OCH3 is 8. The molecule has 0 unspecified atom stereocenters. The highest BCUT2D eigenvalue weighted by Gasteiger charge is 2.16. The second kappa shape index (κ2) is 46.9. The average Bonchev–Trinajstić information content (AvgIpc) is 1.75. The third-order valence-electron chi connectivity index (χ3n) is 15.7. The minimum Gasteiger partial charge on any atom is -0.618 e. The third-order valence-corrected chi connectivity index (χ3v) is 24.7. The molecule has 0 fully saturated rings. The Morgan fingerprint density at radius 3 is 1.59 bits per heavy atom. The Hall–Kier alpha value is -9.07. The molecule has 35 heteroatoms. The predicted octanol–water partition coefficient (Wildman–Crippen LogP) is 19.1. The molecule has 0 aliphatic rings. The van der Waals surface area contributed by atoms with Crippen molar-refractivity contribution >= 4 is 212 Å². The first-order valence-corrected chi connectivity index (χ1v) is 42.5. The molecular formula is C78H80BrClN10O14S9. The monoisotopic (exact) mass is 1780 g/mol. The molecule has 0 bridgehead atoms. The number of carboxylic acid groups (broad SMARTS) is 1. The zero-order chi connectivity index (χ0) is 82.1. The summed E-state index contributed by atoms with van der Waals surface area (Å²) in [6.45, 7) is 10.4. The number of pyridine rings is 7. The second-order valence-corrected chi connectivity index (χ2v) is 31.8. The van der Waals surface area contributed by atoms with Crippen LogP contribution in [0.2, 0.25) is 5.15 Å². The number of aliphatic hydroxyl groups is 1. The van der Waals surface area contributed by atoms with Gasteiger partial charge in [-0.15, -0.1) is 79.4 Å². The first kappa shape index (κ1) is 91.1. The number of fused-ring (bicyclic) bond motifs is 7. The normalized spacial score (nSPS) is 10.4. The number of hydrogen-bond acceptors (Lipinski definition) is 29. The molecule has 0 saturated heterocycles. The smallest absolute Gasteiger partial charge is 0.336 e. The van der Waals surface area contributed by atoms with Gasteiger partial charge in [0.25, 0.3) is 11.5 Å². The summed E-state index contributed by atoms with van der Waals surface area (Å²) < 4.78 is 49.4. The van der Waals surface area contributed by atoms with E-state index in [0.29, 0.717) is 58.5 Å². The Bertz CT molecular complexity index is 5730. The summed E-state index contributed by atoms with van der Waals surface area (Å²) in [6.07, 6.45) is 4.31. The van der Waals surface area contributed by atoms with E-state index in [1.807, 2.05) is 121 Å². The van der Waals surface area contributed by atoms with Crippen molar-refractivity contribution in [2.45, 2.75) is 53.8 Å². The van der Waals surface area contributed by atoms with E-state index in [2.05, 4.69) is 80.1 Å². The number of rotatable bonds is 14. The van der Waals surface area contributed by atoms with Gasteiger partial charge in [0.15, 0.2) is 24.5 Å². The number of halogens is 2. The summed E-state index contributed by atoms with van der Waals surface area (Å²) in [5.41, 5.74) is 12.2. The van der Waals surface area contributed by atoms with Crippen molar-refractivity contribution in [2.24, 2.45) is 5.73 Å². The van der Waals surface area contributed by atoms with Gasteiger partial charge in [0.2, 0.25) is 23.5 Å². The van der Waals surface area contributed by atoms with Crippen molar-refractivity contribution in [3.8, 4) is 29.6 Å². The number of H-pyrrole nitrogens is 1. The van der Waals surface area contributed by atoms with Gasteiger partial charge >= 0.3 is 5.97 Å². The lowest BCUT2D eigenvalue weighted by molar-refractivity contribution is -0.610. The van der Waals surface area contributed by atoms with Crippen LogP contribution in [0.4, 0.5) is 0 Å². The van der Waals surface area contributed by atoms with Crippen molar-refractivity contribution in [1.29, 1.82) is 5.26 Å². The fraction of sp³-hybridized carbons (Fsp3) is 0.231. The fourth-order valence-corrected chi connectivity index (χ4v) is 18.2. The molecule has 1 amide bonds. The summed E-state index contributed by atoms with van der Waals surface area (Å²) in [6, 6.07) is 27.1. The van der Waals surface area contributed by atoms with Gasteiger partial charge < -0.3 is 69.3 Å². The number of carboxylic acids is 1. The van der Waals surface area contributed by atoms with Crippen LogP contribution in [-0.2, 0) is 25.6 Å². The van der Waals surface area contributed by atoms with Crippen LogP contribution < -0.4 is 40.3 Å². The molecule has 24 nitrogen and oxygen atoms in total. The molecule has 113 heavy (non-hydrogen) atoms. The molecule has 0 aliphatic carbocycles. The van der Waals surface area contributed by atoms with E-state index in [4.69, 9.17) is 65.6 Å². The molecule has 594 valence electrons. The van der Waals surface area contributed by atoms with Crippen LogP contribution in [0.3, 0.4) is 0 Å². The van der Waals surface area contributed by atoms with Gasteiger partial charge in [-0.2, -0.15) is 32.7 Å². The van der Waals surface area contributed by atoms with Gasteiger partial charge in [-0.1, -0.05) is 11.6 Å². The van der Waals surface area contributed by atoms with Crippen molar-refractivity contribution < 1.29 is 62.4 Å². The first-order valence-electron chi connectivity index (χ1n) is 33.3. The number of ether oxygens (including phenoxy) is 8. The van der Waals surface area contributed by atoms with Crippen molar-refractivity contribution in [1.82, 2.24) is 35.2 Å². The molecule has 16 heterocycles. The molecule has 0 aliphatic heterocycles. The number of carbonyl (C=O) groups is 2. The third kappa shape index (κ3) is 25.5. The van der Waals surface area contributed by atoms with Crippen LogP contribution in [0.25, 0.3) is 70.6 Å². The minimum atomic E-state index is -0.855. The summed E-state index contributed by atoms with van der Waals surface area (Å²) >= 11 is 23.6. The van der Waals surface area contributed by atoms with Crippen LogP contribution in [-0.4, -0.2) is 135 Å². The van der Waals surface area contributed by atoms with E-state index in [-0.39, 0.29) is 24.4 Å². The topological polar surface area (TPSA) is 335 Å². The Labute approximate surface area is 700 Å². The molecule has 0 radical (unpaired) electrons. The number of nitrogens with zero attached hydrogens (tertiary/aromatic N) is 7. The quantitative estimate of drug-likeness (QED) is 0.0292. The lowest BCUT2D eigenvalue weighted by atomic mass is 10.2. The Morgan fingerprint density at radius 1 is 0.593 bits per heavy atom. The van der Waals surface area contributed by atoms with E-state index in [1.165, 1.54) is 84.9 Å². The molecule has 6 N–H and O–H groups in total. The van der Waals surface area contributed by atoms with Crippen molar-refractivity contribution in [3.05, 3.63) is 233 Å². The SMILES string of the molecule is COC(CN)OC.COC(CNC(=O)c1ccsc1)OC.COc1cc2sccc2c(C)n1.COc1nc(C)c2ccsc2c1Br.COc1nc(C)c2ccsc2c1C#N.COc1nc(C)c2ccsc2c1CO.Cc1c2ccsc2cc[n+]1[O-].Clc1nccc2sccc12.O=C(O)c1ccsc1.O=c1[nH]ccc2sccc12. The van der Waals surface area contributed by atoms with E-state index >= 15 is 0 Å². The molecule has 0 aromatic carbocycles. The number of aryl methyl sites for hydroxylation is 5. The summed E-state index contributed by atoms with van der Waals surface area (Å²) in [5, 5.41) is 69.3. The number of aromatic carboxylic acids is 1. The Balaban J connectivity index is 0.000000175. The highest BCUT2D eigenvalue weighted by molar-refractivity contribution is 9.10. The first-order chi connectivity index (χ1) is 54.6. The number of carbonyl (C=O) groups excluding carboxylic acids is 1. The summed E-state index contributed by atoms with van der Waals surface area (Å²) in [4.78, 5) is 56.2. The molecule has 16 aromatic heterocycles. The number of nitrogens with one attached hydrogen (secondary N) is 2. The van der Waals surface area contributed by atoms with Gasteiger partial charge in [0.1, 0.15) is 16.8 Å². The van der Waals surface area contributed by atoms with Gasteiger partial charge in [0, 0.05) is 139 Å². The zero-order valence-electron chi connectivity index (χ0n) is 63.3. The highest BCUT2D eigenvalue weighted by atomic mass is 79.9. The molecule has 16 aromatic rings. The lowest BCUT2D eigenvalue weighted by Gasteiger charge is -2.13.